The van der Waals surface area contributed by atoms with Gasteiger partial charge in [0.05, 0.1) is 22.8 Å². The van der Waals surface area contributed by atoms with Crippen molar-refractivity contribution in [1.82, 2.24) is 29.8 Å². The van der Waals surface area contributed by atoms with Crippen LogP contribution in [0.5, 0.6) is 6.01 Å². The predicted molar refractivity (Wildman–Crippen MR) is 145 cm³/mol. The van der Waals surface area contributed by atoms with E-state index in [-0.39, 0.29) is 12.2 Å². The molecule has 5 heterocycles. The molecule has 2 aliphatic heterocycles. The highest BCUT2D eigenvalue weighted by molar-refractivity contribution is 7.18. The Bertz CT molecular complexity index is 1340. The molecule has 1 saturated carbocycles. The summed E-state index contributed by atoms with van der Waals surface area (Å²) in [7, 11) is 0. The normalized spacial score (nSPS) is 18.8. The third-order valence-electron chi connectivity index (χ3n) is 7.34. The van der Waals surface area contributed by atoms with Crippen molar-refractivity contribution in [2.45, 2.75) is 71.1 Å². The minimum absolute atomic E-state index is 0.161. The number of fused-ring (bicyclic) bond motifs is 1. The van der Waals surface area contributed by atoms with E-state index in [2.05, 4.69) is 30.2 Å². The summed E-state index contributed by atoms with van der Waals surface area (Å²) in [6, 6.07) is 2.26. The maximum atomic E-state index is 12.4. The minimum Gasteiger partial charge on any atom is -0.460 e. The summed E-state index contributed by atoms with van der Waals surface area (Å²) in [5.74, 6) is 0.471. The Labute approximate surface area is 231 Å². The molecule has 3 aromatic rings. The van der Waals surface area contributed by atoms with Gasteiger partial charge in [-0.3, -0.25) is 0 Å². The molecule has 1 saturated heterocycles. The van der Waals surface area contributed by atoms with Gasteiger partial charge >= 0.3 is 12.1 Å². The average molecular weight is 552 g/mol. The number of anilines is 2. The van der Waals surface area contributed by atoms with Crippen LogP contribution in [0.3, 0.4) is 0 Å². The third kappa shape index (κ3) is 5.96. The molecule has 0 unspecified atom stereocenters. The van der Waals surface area contributed by atoms with E-state index in [9.17, 15) is 4.79 Å². The fourth-order valence-corrected chi connectivity index (χ4v) is 6.07. The molecule has 0 aromatic carbocycles. The predicted octanol–water partition coefficient (Wildman–Crippen LogP) is 4.76. The quantitative estimate of drug-likeness (QED) is 0.474. The van der Waals surface area contributed by atoms with E-state index in [0.29, 0.717) is 42.0 Å². The second-order valence-electron chi connectivity index (χ2n) is 11.5. The number of carbonyl (C=O) groups is 1. The Hall–Kier alpha value is -3.38. The molecule has 1 spiro atoms. The molecule has 3 aliphatic rings. The summed E-state index contributed by atoms with van der Waals surface area (Å²) in [4.78, 5) is 37.6. The van der Waals surface area contributed by atoms with E-state index in [1.807, 2.05) is 26.8 Å². The van der Waals surface area contributed by atoms with Crippen LogP contribution in [0.4, 0.5) is 15.9 Å². The van der Waals surface area contributed by atoms with Crippen LogP contribution in [0, 0.1) is 5.41 Å². The molecule has 12 heteroatoms. The van der Waals surface area contributed by atoms with Crippen LogP contribution in [0.1, 0.15) is 57.7 Å². The molecule has 11 nitrogen and oxygen atoms in total. The van der Waals surface area contributed by atoms with Gasteiger partial charge in [-0.1, -0.05) is 11.3 Å². The number of thiazole rings is 1. The molecule has 0 atom stereocenters. The second kappa shape index (κ2) is 10.3. The average Bonchev–Trinajstić information content (AvgIpc) is 3.36. The van der Waals surface area contributed by atoms with Crippen LogP contribution in [0.25, 0.3) is 10.6 Å². The number of nitrogens with one attached hydrogen (secondary N) is 1. The molecular formula is C27H33N7O4S. The van der Waals surface area contributed by atoms with Crippen molar-refractivity contribution in [2.24, 2.45) is 5.41 Å². The largest absolute Gasteiger partial charge is 0.460 e. The summed E-state index contributed by atoms with van der Waals surface area (Å²) in [6.07, 6.45) is 10.0. The minimum atomic E-state index is -0.528. The number of ether oxygens (including phenoxy) is 3. The monoisotopic (exact) mass is 551 g/mol. The molecule has 1 amide bonds. The van der Waals surface area contributed by atoms with Crippen LogP contribution in [-0.2, 0) is 22.4 Å². The van der Waals surface area contributed by atoms with Crippen molar-refractivity contribution in [2.75, 3.05) is 25.1 Å². The number of rotatable bonds is 5. The zero-order valence-corrected chi connectivity index (χ0v) is 23.3. The van der Waals surface area contributed by atoms with E-state index in [1.54, 1.807) is 23.5 Å². The van der Waals surface area contributed by atoms with E-state index in [0.717, 1.165) is 60.7 Å². The van der Waals surface area contributed by atoms with Gasteiger partial charge in [-0.2, -0.15) is 4.98 Å². The van der Waals surface area contributed by atoms with Crippen molar-refractivity contribution < 1.29 is 19.0 Å². The molecular weight excluding hydrogens is 518 g/mol. The summed E-state index contributed by atoms with van der Waals surface area (Å²) in [6.45, 7) is 8.27. The molecule has 1 aliphatic carbocycles. The lowest BCUT2D eigenvalue weighted by Crippen LogP contribution is -2.47. The Kier molecular flexibility index (Phi) is 6.84. The topological polar surface area (TPSA) is 124 Å². The first-order valence-corrected chi connectivity index (χ1v) is 14.2. The lowest BCUT2D eigenvalue weighted by Gasteiger charge is -2.49. The number of hydrogen-bond donors (Lipinski definition) is 1. The van der Waals surface area contributed by atoms with Gasteiger partial charge in [-0.15, -0.1) is 0 Å². The van der Waals surface area contributed by atoms with Crippen LogP contribution >= 0.6 is 11.3 Å². The summed E-state index contributed by atoms with van der Waals surface area (Å²) >= 11 is 1.46. The lowest BCUT2D eigenvalue weighted by molar-refractivity contribution is -0.0880. The molecule has 0 bridgehead atoms. The molecule has 2 fully saturated rings. The highest BCUT2D eigenvalue weighted by Gasteiger charge is 2.46. The fourth-order valence-electron chi connectivity index (χ4n) is 5.29. The van der Waals surface area contributed by atoms with Crippen molar-refractivity contribution in [3.8, 4) is 16.6 Å². The smallest absolute Gasteiger partial charge is 0.410 e. The van der Waals surface area contributed by atoms with E-state index < -0.39 is 5.60 Å². The fraction of sp³-hybridized carbons (Fsp3) is 0.556. The van der Waals surface area contributed by atoms with Crippen molar-refractivity contribution in [3.63, 3.8) is 0 Å². The van der Waals surface area contributed by atoms with E-state index in [1.165, 1.54) is 11.3 Å². The second-order valence-corrected chi connectivity index (χ2v) is 12.5. The first kappa shape index (κ1) is 25.9. The van der Waals surface area contributed by atoms with Crippen LogP contribution in [0.15, 0.2) is 24.7 Å². The Balaban J connectivity index is 1.06. The number of hydrogen-bond acceptors (Lipinski definition) is 11. The summed E-state index contributed by atoms with van der Waals surface area (Å²) < 4.78 is 17.1. The van der Waals surface area contributed by atoms with Crippen LogP contribution < -0.4 is 10.1 Å². The van der Waals surface area contributed by atoms with Gasteiger partial charge < -0.3 is 24.4 Å². The number of amides is 1. The maximum Gasteiger partial charge on any atom is 0.410 e. The Morgan fingerprint density at radius 1 is 1.15 bits per heavy atom. The number of carbonyl (C=O) groups excluding carboxylic acids is 1. The van der Waals surface area contributed by atoms with Crippen LogP contribution in [-0.4, -0.2) is 67.4 Å². The van der Waals surface area contributed by atoms with E-state index >= 15 is 0 Å². The first-order chi connectivity index (χ1) is 18.7. The van der Waals surface area contributed by atoms with Crippen molar-refractivity contribution >= 4 is 28.5 Å². The SMILES string of the molecule is CC(C)(C)OC(=O)N1CCc2nc(Nc3ncc(-c4ccnc(OC5CC6(CCOCC6)C5)n4)s3)ncc2C1. The summed E-state index contributed by atoms with van der Waals surface area (Å²) in [5.41, 5.74) is 2.45. The zero-order chi connectivity index (χ0) is 27.0. The standard InChI is InChI=1S/C27H33N7O4S/c1-26(2,3)38-25(35)34-9-5-19-17(16-34)14-29-22(31-19)33-24-30-15-21(39-24)20-4-8-28-23(32-20)37-18-12-27(13-18)6-10-36-11-7-27/h4,8,14-15,18H,5-7,9-13,16H2,1-3H3,(H,29,30,31,33). The molecule has 6 rings (SSSR count). The van der Waals surface area contributed by atoms with Gasteiger partial charge in [0.1, 0.15) is 11.7 Å². The van der Waals surface area contributed by atoms with Gasteiger partial charge in [0.25, 0.3) is 0 Å². The Morgan fingerprint density at radius 2 is 1.97 bits per heavy atom. The number of nitrogens with zero attached hydrogens (tertiary/aromatic N) is 6. The van der Waals surface area contributed by atoms with E-state index in [4.69, 9.17) is 14.2 Å². The number of aromatic nitrogens is 5. The summed E-state index contributed by atoms with van der Waals surface area (Å²) in [5, 5.41) is 3.87. The van der Waals surface area contributed by atoms with Gasteiger partial charge in [-0.25, -0.2) is 24.7 Å². The van der Waals surface area contributed by atoms with Crippen LogP contribution in [0.2, 0.25) is 0 Å². The molecule has 206 valence electrons. The molecule has 39 heavy (non-hydrogen) atoms. The van der Waals surface area contributed by atoms with Gasteiger partial charge in [0.15, 0.2) is 5.13 Å². The highest BCUT2D eigenvalue weighted by Crippen LogP contribution is 2.49. The molecule has 0 radical (unpaired) electrons. The maximum absolute atomic E-state index is 12.4. The Morgan fingerprint density at radius 3 is 2.77 bits per heavy atom. The van der Waals surface area contributed by atoms with Crippen molar-refractivity contribution in [3.05, 3.63) is 35.9 Å². The van der Waals surface area contributed by atoms with Gasteiger partial charge in [-0.05, 0) is 57.9 Å². The third-order valence-corrected chi connectivity index (χ3v) is 8.28. The van der Waals surface area contributed by atoms with Gasteiger partial charge in [0.2, 0.25) is 5.95 Å². The molecule has 3 aromatic heterocycles. The van der Waals surface area contributed by atoms with Gasteiger partial charge in [0, 0.05) is 50.3 Å². The zero-order valence-electron chi connectivity index (χ0n) is 22.5. The molecule has 1 N–H and O–H groups in total. The van der Waals surface area contributed by atoms with Crippen molar-refractivity contribution in [1.29, 1.82) is 0 Å². The first-order valence-electron chi connectivity index (χ1n) is 13.4. The highest BCUT2D eigenvalue weighted by atomic mass is 32.1. The lowest BCUT2D eigenvalue weighted by atomic mass is 9.62.